The molecule has 3 rings (SSSR count). The van der Waals surface area contributed by atoms with E-state index in [1.54, 1.807) is 7.11 Å². The number of nitrogens with one attached hydrogen (secondary N) is 1. The maximum Gasteiger partial charge on any atom is 0.199 e. The summed E-state index contributed by atoms with van der Waals surface area (Å²) in [5.74, 6) is 1.39. The summed E-state index contributed by atoms with van der Waals surface area (Å²) >= 11 is 0. The zero-order valence-corrected chi connectivity index (χ0v) is 10.2. The Balaban J connectivity index is 2.17. The molecular weight excluding hydrogens is 214 g/mol. The van der Waals surface area contributed by atoms with E-state index in [0.29, 0.717) is 5.92 Å². The molecule has 0 saturated carbocycles. The van der Waals surface area contributed by atoms with Gasteiger partial charge in [0.25, 0.3) is 0 Å². The minimum Gasteiger partial charge on any atom is -0.482 e. The van der Waals surface area contributed by atoms with Gasteiger partial charge in [-0.1, -0.05) is 6.07 Å². The predicted molar refractivity (Wildman–Crippen MR) is 66.7 cm³/mol. The average molecular weight is 231 g/mol. The first-order chi connectivity index (χ1) is 8.31. The van der Waals surface area contributed by atoms with E-state index in [-0.39, 0.29) is 0 Å². The van der Waals surface area contributed by atoms with Gasteiger partial charge in [0.2, 0.25) is 0 Å². The van der Waals surface area contributed by atoms with E-state index in [1.807, 2.05) is 18.2 Å². The van der Waals surface area contributed by atoms with Crippen molar-refractivity contribution in [3.8, 4) is 5.88 Å². The zero-order chi connectivity index (χ0) is 11.8. The second-order valence-corrected chi connectivity index (χ2v) is 4.53. The lowest BCUT2D eigenvalue weighted by atomic mass is 10.0. The molecule has 1 unspecified atom stereocenters. The van der Waals surface area contributed by atoms with Crippen molar-refractivity contribution >= 4 is 5.65 Å². The van der Waals surface area contributed by atoms with Gasteiger partial charge in [0, 0.05) is 18.2 Å². The van der Waals surface area contributed by atoms with Crippen molar-refractivity contribution in [1.29, 1.82) is 0 Å². The molecule has 0 spiro atoms. The summed E-state index contributed by atoms with van der Waals surface area (Å²) in [7, 11) is 1.70. The minimum absolute atomic E-state index is 0.541. The molecule has 1 aliphatic heterocycles. The Morgan fingerprint density at radius 3 is 3.06 bits per heavy atom. The van der Waals surface area contributed by atoms with Gasteiger partial charge in [-0.05, 0) is 32.0 Å². The largest absolute Gasteiger partial charge is 0.482 e. The second-order valence-electron chi connectivity index (χ2n) is 4.53. The molecule has 3 heterocycles. The molecule has 0 aliphatic carbocycles. The van der Waals surface area contributed by atoms with E-state index in [1.165, 1.54) is 17.8 Å². The van der Waals surface area contributed by atoms with Crippen molar-refractivity contribution in [2.24, 2.45) is 0 Å². The monoisotopic (exact) mass is 231 g/mol. The van der Waals surface area contributed by atoms with E-state index >= 15 is 0 Å². The van der Waals surface area contributed by atoms with Crippen LogP contribution >= 0.6 is 0 Å². The molecule has 0 amide bonds. The number of hydrogen-bond acceptors (Lipinski definition) is 3. The van der Waals surface area contributed by atoms with Crippen LogP contribution in [0.2, 0.25) is 0 Å². The molecule has 0 aromatic carbocycles. The average Bonchev–Trinajstić information content (AvgIpc) is 2.97. The maximum atomic E-state index is 5.39. The van der Waals surface area contributed by atoms with E-state index in [0.717, 1.165) is 24.6 Å². The zero-order valence-electron chi connectivity index (χ0n) is 10.2. The normalized spacial score (nSPS) is 20.0. The van der Waals surface area contributed by atoms with Gasteiger partial charge >= 0.3 is 0 Å². The van der Waals surface area contributed by atoms with Crippen molar-refractivity contribution in [3.63, 3.8) is 0 Å². The predicted octanol–water partition coefficient (Wildman–Crippen LogP) is 1.73. The van der Waals surface area contributed by atoms with E-state index in [9.17, 15) is 0 Å². The van der Waals surface area contributed by atoms with E-state index in [4.69, 9.17) is 9.72 Å². The first kappa shape index (κ1) is 10.6. The molecule has 1 atom stereocenters. The number of pyridine rings is 1. The number of methoxy groups -OCH3 is 1. The lowest BCUT2D eigenvalue weighted by molar-refractivity contribution is 0.391. The quantitative estimate of drug-likeness (QED) is 0.855. The Kier molecular flexibility index (Phi) is 2.52. The molecule has 4 heteroatoms. The number of nitrogens with zero attached hydrogens (tertiary/aromatic N) is 2. The van der Waals surface area contributed by atoms with Gasteiger partial charge in [-0.15, -0.1) is 0 Å². The highest BCUT2D eigenvalue weighted by molar-refractivity contribution is 5.47. The third-order valence-electron chi connectivity index (χ3n) is 3.53. The smallest absolute Gasteiger partial charge is 0.199 e. The number of imidazole rings is 1. The summed E-state index contributed by atoms with van der Waals surface area (Å²) in [6.45, 7) is 4.25. The molecule has 2 aromatic rings. The molecular formula is C13H17N3O. The Hall–Kier alpha value is -1.55. The maximum absolute atomic E-state index is 5.39. The highest BCUT2D eigenvalue weighted by Crippen LogP contribution is 2.27. The Labute approximate surface area is 101 Å². The minimum atomic E-state index is 0.541. The van der Waals surface area contributed by atoms with Crippen molar-refractivity contribution in [3.05, 3.63) is 29.6 Å². The standard InChI is InChI=1S/C13H17N3O/c1-9-13(10-6-7-14-8-10)15-11-4-3-5-12(17-2)16(9)11/h3-5,10,14H,6-8H2,1-2H3. The van der Waals surface area contributed by atoms with Crippen LogP contribution in [0.1, 0.15) is 23.7 Å². The van der Waals surface area contributed by atoms with Crippen LogP contribution < -0.4 is 10.1 Å². The number of aromatic nitrogens is 2. The summed E-state index contributed by atoms with van der Waals surface area (Å²) in [6.07, 6.45) is 1.17. The van der Waals surface area contributed by atoms with E-state index in [2.05, 4.69) is 16.6 Å². The van der Waals surface area contributed by atoms with Gasteiger partial charge < -0.3 is 10.1 Å². The first-order valence-corrected chi connectivity index (χ1v) is 6.04. The summed E-state index contributed by atoms with van der Waals surface area (Å²) in [4.78, 5) is 4.75. The number of rotatable bonds is 2. The number of ether oxygens (including phenoxy) is 1. The molecule has 1 aliphatic rings. The van der Waals surface area contributed by atoms with Gasteiger partial charge in [0.1, 0.15) is 5.65 Å². The van der Waals surface area contributed by atoms with E-state index < -0.39 is 0 Å². The molecule has 17 heavy (non-hydrogen) atoms. The molecule has 0 radical (unpaired) electrons. The fourth-order valence-corrected chi connectivity index (χ4v) is 2.66. The van der Waals surface area contributed by atoms with Crippen molar-refractivity contribution in [2.75, 3.05) is 20.2 Å². The molecule has 1 saturated heterocycles. The summed E-state index contributed by atoms with van der Waals surface area (Å²) in [5, 5.41) is 3.39. The molecule has 1 fully saturated rings. The summed E-state index contributed by atoms with van der Waals surface area (Å²) in [6, 6.07) is 5.98. The van der Waals surface area contributed by atoms with Crippen LogP contribution in [0.25, 0.3) is 5.65 Å². The number of aryl methyl sites for hydroxylation is 1. The Morgan fingerprint density at radius 2 is 2.35 bits per heavy atom. The van der Waals surface area contributed by atoms with Crippen LogP contribution in [-0.4, -0.2) is 29.6 Å². The molecule has 0 bridgehead atoms. The fourth-order valence-electron chi connectivity index (χ4n) is 2.66. The SMILES string of the molecule is COc1cccc2nc(C3CCNC3)c(C)n12. The van der Waals surface area contributed by atoms with Crippen LogP contribution in [0.5, 0.6) is 5.88 Å². The molecule has 2 aromatic heterocycles. The van der Waals surface area contributed by atoms with Crippen LogP contribution in [0.4, 0.5) is 0 Å². The summed E-state index contributed by atoms with van der Waals surface area (Å²) < 4.78 is 7.48. The summed E-state index contributed by atoms with van der Waals surface area (Å²) in [5.41, 5.74) is 3.38. The van der Waals surface area contributed by atoms with Crippen LogP contribution in [0.3, 0.4) is 0 Å². The molecule has 1 N–H and O–H groups in total. The highest BCUT2D eigenvalue weighted by Gasteiger charge is 2.23. The van der Waals surface area contributed by atoms with Crippen molar-refractivity contribution < 1.29 is 4.74 Å². The van der Waals surface area contributed by atoms with Gasteiger partial charge in [-0.3, -0.25) is 4.40 Å². The van der Waals surface area contributed by atoms with Crippen LogP contribution in [-0.2, 0) is 0 Å². The van der Waals surface area contributed by atoms with Gasteiger partial charge in [0.15, 0.2) is 5.88 Å². The molecule has 4 nitrogen and oxygen atoms in total. The highest BCUT2D eigenvalue weighted by atomic mass is 16.5. The van der Waals surface area contributed by atoms with Crippen molar-refractivity contribution in [1.82, 2.24) is 14.7 Å². The van der Waals surface area contributed by atoms with Crippen LogP contribution in [0.15, 0.2) is 18.2 Å². The van der Waals surface area contributed by atoms with Crippen molar-refractivity contribution in [2.45, 2.75) is 19.3 Å². The molecule has 90 valence electrons. The lowest BCUT2D eigenvalue weighted by Gasteiger charge is -2.07. The van der Waals surface area contributed by atoms with Gasteiger partial charge in [-0.2, -0.15) is 0 Å². The Morgan fingerprint density at radius 1 is 1.47 bits per heavy atom. The topological polar surface area (TPSA) is 38.6 Å². The Bertz CT molecular complexity index is 541. The third kappa shape index (κ3) is 1.60. The first-order valence-electron chi connectivity index (χ1n) is 6.04. The fraction of sp³-hybridized carbons (Fsp3) is 0.462. The second kappa shape index (κ2) is 4.04. The number of fused-ring (bicyclic) bond motifs is 1. The lowest BCUT2D eigenvalue weighted by Crippen LogP contribution is -2.09. The van der Waals surface area contributed by atoms with Gasteiger partial charge in [-0.25, -0.2) is 4.98 Å². The number of hydrogen-bond donors (Lipinski definition) is 1. The van der Waals surface area contributed by atoms with Gasteiger partial charge in [0.05, 0.1) is 12.8 Å². The third-order valence-corrected chi connectivity index (χ3v) is 3.53. The van der Waals surface area contributed by atoms with Crippen LogP contribution in [0, 0.1) is 6.92 Å².